The minimum absolute atomic E-state index is 0.0531. The first-order valence-corrected chi connectivity index (χ1v) is 6.88. The van der Waals surface area contributed by atoms with Crippen LogP contribution in [0.5, 0.6) is 5.75 Å². The Bertz CT molecular complexity index is 724. The molecule has 114 valence electrons. The van der Waals surface area contributed by atoms with Gasteiger partial charge in [0, 0.05) is 10.5 Å². The fraction of sp³-hybridized carbons (Fsp3) is 0.0714. The van der Waals surface area contributed by atoms with E-state index in [-0.39, 0.29) is 17.1 Å². The van der Waals surface area contributed by atoms with Crippen LogP contribution in [-0.4, -0.2) is 17.4 Å². The van der Waals surface area contributed by atoms with Gasteiger partial charge in [-0.05, 0) is 24.3 Å². The number of rotatable bonds is 5. The molecular weight excluding hydrogens is 359 g/mol. The summed E-state index contributed by atoms with van der Waals surface area (Å²) in [4.78, 5) is 22.0. The van der Waals surface area contributed by atoms with Crippen LogP contribution in [0.3, 0.4) is 0 Å². The van der Waals surface area contributed by atoms with Crippen LogP contribution in [0, 0.1) is 15.9 Å². The maximum absolute atomic E-state index is 13.5. The molecule has 0 aliphatic heterocycles. The summed E-state index contributed by atoms with van der Waals surface area (Å²) in [5, 5.41) is 13.2. The van der Waals surface area contributed by atoms with E-state index in [2.05, 4.69) is 21.2 Å². The fourth-order valence-corrected chi connectivity index (χ4v) is 1.99. The Kier molecular flexibility index (Phi) is 5.05. The molecule has 0 aromatic heterocycles. The number of nitro groups is 1. The summed E-state index contributed by atoms with van der Waals surface area (Å²) < 4.78 is 19.1. The summed E-state index contributed by atoms with van der Waals surface area (Å²) in [5.74, 6) is -1.33. The van der Waals surface area contributed by atoms with Crippen molar-refractivity contribution in [1.82, 2.24) is 0 Å². The second-order valence-electron chi connectivity index (χ2n) is 4.19. The maximum Gasteiger partial charge on any atom is 0.292 e. The molecule has 0 saturated carbocycles. The van der Waals surface area contributed by atoms with Crippen molar-refractivity contribution >= 4 is 33.2 Å². The van der Waals surface area contributed by atoms with E-state index in [1.165, 1.54) is 30.3 Å². The highest BCUT2D eigenvalue weighted by Crippen LogP contribution is 2.24. The van der Waals surface area contributed by atoms with Gasteiger partial charge in [0.1, 0.15) is 5.69 Å². The van der Waals surface area contributed by atoms with Gasteiger partial charge in [-0.3, -0.25) is 14.9 Å². The lowest BCUT2D eigenvalue weighted by Gasteiger charge is -2.08. The first kappa shape index (κ1) is 15.9. The summed E-state index contributed by atoms with van der Waals surface area (Å²) in [6.45, 7) is -0.468. The Labute approximate surface area is 133 Å². The minimum Gasteiger partial charge on any atom is -0.481 e. The number of carbonyl (C=O) groups is 1. The highest BCUT2D eigenvalue weighted by Gasteiger charge is 2.15. The molecule has 0 atom stereocenters. The standard InChI is InChI=1S/C14H10BrFN2O4/c15-9-5-6-13(10(16)7-9)22-8-14(19)17-11-3-1-2-4-12(11)18(20)21/h1-7H,8H2,(H,17,19). The second kappa shape index (κ2) is 6.99. The number of halogens is 2. The largest absolute Gasteiger partial charge is 0.481 e. The molecule has 1 N–H and O–H groups in total. The third-order valence-electron chi connectivity index (χ3n) is 2.63. The van der Waals surface area contributed by atoms with Gasteiger partial charge in [-0.1, -0.05) is 28.1 Å². The van der Waals surface area contributed by atoms with Crippen molar-refractivity contribution in [3.63, 3.8) is 0 Å². The summed E-state index contributed by atoms with van der Waals surface area (Å²) in [5.41, 5.74) is -0.178. The Balaban J connectivity index is 2.00. The van der Waals surface area contributed by atoms with Crippen LogP contribution in [0.15, 0.2) is 46.9 Å². The molecule has 0 radical (unpaired) electrons. The normalized spacial score (nSPS) is 10.1. The molecule has 0 aliphatic rings. The van der Waals surface area contributed by atoms with Gasteiger partial charge >= 0.3 is 0 Å². The van der Waals surface area contributed by atoms with Crippen molar-refractivity contribution in [1.29, 1.82) is 0 Å². The Hall–Kier alpha value is -2.48. The van der Waals surface area contributed by atoms with Crippen LogP contribution >= 0.6 is 15.9 Å². The number of carbonyl (C=O) groups excluding carboxylic acids is 1. The molecule has 0 spiro atoms. The summed E-state index contributed by atoms with van der Waals surface area (Å²) in [6, 6.07) is 9.85. The number of nitro benzene ring substituents is 1. The zero-order chi connectivity index (χ0) is 16.1. The van der Waals surface area contributed by atoms with Gasteiger partial charge in [0.2, 0.25) is 0 Å². The van der Waals surface area contributed by atoms with Gasteiger partial charge in [0.25, 0.3) is 11.6 Å². The molecule has 22 heavy (non-hydrogen) atoms. The van der Waals surface area contributed by atoms with E-state index >= 15 is 0 Å². The SMILES string of the molecule is O=C(COc1ccc(Br)cc1F)Nc1ccccc1[N+](=O)[O-]. The van der Waals surface area contributed by atoms with Gasteiger partial charge in [-0.2, -0.15) is 0 Å². The van der Waals surface area contributed by atoms with Crippen molar-refractivity contribution < 1.29 is 18.8 Å². The molecule has 2 aromatic carbocycles. The number of nitrogens with one attached hydrogen (secondary N) is 1. The number of ether oxygens (including phenoxy) is 1. The molecule has 8 heteroatoms. The third-order valence-corrected chi connectivity index (χ3v) is 3.12. The molecule has 0 heterocycles. The number of anilines is 1. The van der Waals surface area contributed by atoms with Crippen molar-refractivity contribution in [2.75, 3.05) is 11.9 Å². The quantitative estimate of drug-likeness (QED) is 0.646. The number of hydrogen-bond donors (Lipinski definition) is 1. The molecule has 0 aliphatic carbocycles. The number of amides is 1. The van der Waals surface area contributed by atoms with Crippen LogP contribution < -0.4 is 10.1 Å². The zero-order valence-corrected chi connectivity index (χ0v) is 12.7. The van der Waals surface area contributed by atoms with Crippen LogP contribution in [0.1, 0.15) is 0 Å². The highest BCUT2D eigenvalue weighted by molar-refractivity contribution is 9.10. The Morgan fingerprint density at radius 2 is 2.05 bits per heavy atom. The lowest BCUT2D eigenvalue weighted by molar-refractivity contribution is -0.383. The first-order chi connectivity index (χ1) is 10.5. The fourth-order valence-electron chi connectivity index (χ4n) is 1.66. The van der Waals surface area contributed by atoms with Gasteiger partial charge < -0.3 is 10.1 Å². The second-order valence-corrected chi connectivity index (χ2v) is 5.10. The number of benzene rings is 2. The van der Waals surface area contributed by atoms with Gasteiger partial charge in [0.05, 0.1) is 4.92 Å². The van der Waals surface area contributed by atoms with Crippen LogP contribution in [0.4, 0.5) is 15.8 Å². The van der Waals surface area contributed by atoms with Crippen molar-refractivity contribution in [2.45, 2.75) is 0 Å². The zero-order valence-electron chi connectivity index (χ0n) is 11.1. The molecular formula is C14H10BrFN2O4. The van der Waals surface area contributed by atoms with Crippen molar-refractivity contribution in [3.8, 4) is 5.75 Å². The minimum atomic E-state index is -0.628. The molecule has 0 bridgehead atoms. The van der Waals surface area contributed by atoms with Gasteiger partial charge in [-0.15, -0.1) is 0 Å². The predicted octanol–water partition coefficient (Wildman–Crippen LogP) is 3.51. The maximum atomic E-state index is 13.5. The average molecular weight is 369 g/mol. The van der Waals surface area contributed by atoms with Crippen LogP contribution in [0.2, 0.25) is 0 Å². The Morgan fingerprint density at radius 3 is 2.73 bits per heavy atom. The van der Waals surface area contributed by atoms with Gasteiger partial charge in [-0.25, -0.2) is 4.39 Å². The average Bonchev–Trinajstić information content (AvgIpc) is 2.46. The number of hydrogen-bond acceptors (Lipinski definition) is 4. The lowest BCUT2D eigenvalue weighted by Crippen LogP contribution is -2.21. The van der Waals surface area contributed by atoms with E-state index < -0.39 is 23.3 Å². The molecule has 2 rings (SSSR count). The molecule has 2 aromatic rings. The summed E-state index contributed by atoms with van der Waals surface area (Å²) >= 11 is 3.10. The van der Waals surface area contributed by atoms with Crippen LogP contribution in [0.25, 0.3) is 0 Å². The van der Waals surface area contributed by atoms with E-state index in [9.17, 15) is 19.3 Å². The summed E-state index contributed by atoms with van der Waals surface area (Å²) in [6.07, 6.45) is 0. The number of para-hydroxylation sites is 2. The predicted molar refractivity (Wildman–Crippen MR) is 81.3 cm³/mol. The van der Waals surface area contributed by atoms with Crippen molar-refractivity contribution in [3.05, 3.63) is 62.9 Å². The van der Waals surface area contributed by atoms with E-state index in [1.54, 1.807) is 12.1 Å². The lowest BCUT2D eigenvalue weighted by atomic mass is 10.2. The molecule has 1 amide bonds. The van der Waals surface area contributed by atoms with E-state index in [0.717, 1.165) is 0 Å². The van der Waals surface area contributed by atoms with E-state index in [0.29, 0.717) is 4.47 Å². The third kappa shape index (κ3) is 4.01. The van der Waals surface area contributed by atoms with E-state index in [1.807, 2.05) is 0 Å². The molecule has 0 fully saturated rings. The summed E-state index contributed by atoms with van der Waals surface area (Å²) in [7, 11) is 0. The molecule has 0 unspecified atom stereocenters. The van der Waals surface area contributed by atoms with E-state index in [4.69, 9.17) is 4.74 Å². The monoisotopic (exact) mass is 368 g/mol. The molecule has 0 saturated heterocycles. The smallest absolute Gasteiger partial charge is 0.292 e. The Morgan fingerprint density at radius 1 is 1.32 bits per heavy atom. The highest BCUT2D eigenvalue weighted by atomic mass is 79.9. The van der Waals surface area contributed by atoms with Crippen molar-refractivity contribution in [2.24, 2.45) is 0 Å². The van der Waals surface area contributed by atoms with Gasteiger partial charge in [0.15, 0.2) is 18.2 Å². The topological polar surface area (TPSA) is 81.5 Å². The number of nitrogens with zero attached hydrogens (tertiary/aromatic N) is 1. The molecule has 6 nitrogen and oxygen atoms in total. The first-order valence-electron chi connectivity index (χ1n) is 6.08. The van der Waals surface area contributed by atoms with Crippen LogP contribution in [-0.2, 0) is 4.79 Å².